The van der Waals surface area contributed by atoms with Crippen LogP contribution in [-0.4, -0.2) is 26.6 Å². The van der Waals surface area contributed by atoms with E-state index in [2.05, 4.69) is 22.2 Å². The maximum absolute atomic E-state index is 12.7. The van der Waals surface area contributed by atoms with Crippen LogP contribution in [0.4, 0.5) is 10.3 Å². The van der Waals surface area contributed by atoms with Gasteiger partial charge in [0.15, 0.2) is 5.82 Å². The lowest BCUT2D eigenvalue weighted by atomic mass is 9.75. The molecule has 19 heavy (non-hydrogen) atoms. The van der Waals surface area contributed by atoms with E-state index in [0.29, 0.717) is 18.8 Å². The Morgan fingerprint density at radius 2 is 2.05 bits per heavy atom. The van der Waals surface area contributed by atoms with Crippen molar-refractivity contribution in [3.63, 3.8) is 0 Å². The van der Waals surface area contributed by atoms with Crippen molar-refractivity contribution >= 4 is 11.9 Å². The fourth-order valence-corrected chi connectivity index (χ4v) is 2.56. The lowest BCUT2D eigenvalue weighted by molar-refractivity contribution is -0.143. The number of aromatic nitrogens is 2. The Kier molecular flexibility index (Phi) is 3.97. The molecule has 2 rings (SSSR count). The summed E-state index contributed by atoms with van der Waals surface area (Å²) in [5.41, 5.74) is -1.02. The Morgan fingerprint density at radius 1 is 1.47 bits per heavy atom. The van der Waals surface area contributed by atoms with Crippen molar-refractivity contribution in [1.29, 1.82) is 0 Å². The number of carboxylic acids is 1. The standard InChI is InChI=1S/C13H18FN3O2/c1-2-9-3-5-13(6-4-9,11(18)19)17-12-15-7-10(14)8-16-12/h7-9H,2-6H2,1H3,(H,18,19)(H,15,16,17). The summed E-state index contributed by atoms with van der Waals surface area (Å²) < 4.78 is 12.7. The maximum atomic E-state index is 12.7. The van der Waals surface area contributed by atoms with Crippen LogP contribution in [0.3, 0.4) is 0 Å². The van der Waals surface area contributed by atoms with Crippen LogP contribution in [0.15, 0.2) is 12.4 Å². The molecule has 0 aliphatic heterocycles. The van der Waals surface area contributed by atoms with E-state index in [0.717, 1.165) is 31.7 Å². The van der Waals surface area contributed by atoms with Crippen LogP contribution >= 0.6 is 0 Å². The number of hydrogen-bond donors (Lipinski definition) is 2. The lowest BCUT2D eigenvalue weighted by Gasteiger charge is -2.37. The van der Waals surface area contributed by atoms with E-state index in [1.165, 1.54) is 0 Å². The summed E-state index contributed by atoms with van der Waals surface area (Å²) in [6.45, 7) is 2.12. The molecule has 0 aromatic carbocycles. The Balaban J connectivity index is 2.12. The third-order valence-corrected chi connectivity index (χ3v) is 3.92. The average Bonchev–Trinajstić information content (AvgIpc) is 2.42. The fourth-order valence-electron chi connectivity index (χ4n) is 2.56. The van der Waals surface area contributed by atoms with E-state index in [9.17, 15) is 14.3 Å². The third kappa shape index (κ3) is 3.00. The molecule has 1 heterocycles. The number of halogens is 1. The van der Waals surface area contributed by atoms with Gasteiger partial charge in [-0.3, -0.25) is 0 Å². The second-order valence-electron chi connectivity index (χ2n) is 5.09. The molecule has 0 amide bonds. The minimum Gasteiger partial charge on any atom is -0.480 e. The largest absolute Gasteiger partial charge is 0.480 e. The zero-order chi connectivity index (χ0) is 13.9. The summed E-state index contributed by atoms with van der Waals surface area (Å²) in [7, 11) is 0. The van der Waals surface area contributed by atoms with E-state index in [-0.39, 0.29) is 5.95 Å². The molecule has 1 aliphatic carbocycles. The van der Waals surface area contributed by atoms with E-state index < -0.39 is 17.3 Å². The number of nitrogens with zero attached hydrogens (tertiary/aromatic N) is 2. The monoisotopic (exact) mass is 267 g/mol. The fraction of sp³-hybridized carbons (Fsp3) is 0.615. The van der Waals surface area contributed by atoms with Crippen LogP contribution in [0, 0.1) is 11.7 Å². The number of carbonyl (C=O) groups is 1. The Labute approximate surface area is 111 Å². The van der Waals surface area contributed by atoms with Gasteiger partial charge in [0.2, 0.25) is 5.95 Å². The summed E-state index contributed by atoms with van der Waals surface area (Å²) in [6.07, 6.45) is 5.96. The molecule has 5 nitrogen and oxygen atoms in total. The first-order valence-corrected chi connectivity index (χ1v) is 6.55. The highest BCUT2D eigenvalue weighted by Gasteiger charge is 2.42. The van der Waals surface area contributed by atoms with Crippen LogP contribution in [-0.2, 0) is 4.79 Å². The van der Waals surface area contributed by atoms with Crippen LogP contribution in [0.2, 0.25) is 0 Å². The topological polar surface area (TPSA) is 75.1 Å². The highest BCUT2D eigenvalue weighted by molar-refractivity contribution is 5.82. The van der Waals surface area contributed by atoms with Gasteiger partial charge in [0.1, 0.15) is 5.54 Å². The molecule has 0 bridgehead atoms. The van der Waals surface area contributed by atoms with Crippen LogP contribution in [0.25, 0.3) is 0 Å². The van der Waals surface area contributed by atoms with Crippen LogP contribution in [0.1, 0.15) is 39.0 Å². The second-order valence-corrected chi connectivity index (χ2v) is 5.09. The van der Waals surface area contributed by atoms with E-state index in [1.807, 2.05) is 0 Å². The molecular formula is C13H18FN3O2. The normalized spacial score (nSPS) is 26.9. The molecular weight excluding hydrogens is 249 g/mol. The highest BCUT2D eigenvalue weighted by Crippen LogP contribution is 2.35. The molecule has 1 saturated carbocycles. The van der Waals surface area contributed by atoms with Crippen molar-refractivity contribution in [3.05, 3.63) is 18.2 Å². The summed E-state index contributed by atoms with van der Waals surface area (Å²) in [5, 5.41) is 12.3. The molecule has 0 spiro atoms. The summed E-state index contributed by atoms with van der Waals surface area (Å²) in [5.74, 6) is -0.679. The SMILES string of the molecule is CCC1CCC(Nc2ncc(F)cn2)(C(=O)O)CC1. The number of nitrogens with one attached hydrogen (secondary N) is 1. The van der Waals surface area contributed by atoms with Gasteiger partial charge in [0.05, 0.1) is 12.4 Å². The van der Waals surface area contributed by atoms with E-state index in [4.69, 9.17) is 0 Å². The molecule has 2 N–H and O–H groups in total. The molecule has 1 aromatic rings. The number of rotatable bonds is 4. The van der Waals surface area contributed by atoms with Gasteiger partial charge in [-0.1, -0.05) is 13.3 Å². The van der Waals surface area contributed by atoms with Gasteiger partial charge in [-0.05, 0) is 31.6 Å². The molecule has 0 atom stereocenters. The van der Waals surface area contributed by atoms with Gasteiger partial charge in [-0.15, -0.1) is 0 Å². The number of aliphatic carboxylic acids is 1. The molecule has 0 saturated heterocycles. The van der Waals surface area contributed by atoms with Crippen molar-refractivity contribution in [2.75, 3.05) is 5.32 Å². The van der Waals surface area contributed by atoms with Crippen molar-refractivity contribution in [1.82, 2.24) is 9.97 Å². The Hall–Kier alpha value is -1.72. The smallest absolute Gasteiger partial charge is 0.329 e. The average molecular weight is 267 g/mol. The zero-order valence-electron chi connectivity index (χ0n) is 10.9. The van der Waals surface area contributed by atoms with Crippen molar-refractivity contribution in [2.45, 2.75) is 44.6 Å². The van der Waals surface area contributed by atoms with Gasteiger partial charge >= 0.3 is 5.97 Å². The Morgan fingerprint density at radius 3 is 2.53 bits per heavy atom. The van der Waals surface area contributed by atoms with Gasteiger partial charge in [-0.2, -0.15) is 0 Å². The van der Waals surface area contributed by atoms with Crippen LogP contribution < -0.4 is 5.32 Å². The summed E-state index contributed by atoms with van der Waals surface area (Å²) in [6, 6.07) is 0. The number of anilines is 1. The van der Waals surface area contributed by atoms with E-state index >= 15 is 0 Å². The minimum atomic E-state index is -1.02. The van der Waals surface area contributed by atoms with Crippen LogP contribution in [0.5, 0.6) is 0 Å². The van der Waals surface area contributed by atoms with Crippen molar-refractivity contribution in [2.24, 2.45) is 5.92 Å². The van der Waals surface area contributed by atoms with Gasteiger partial charge < -0.3 is 10.4 Å². The molecule has 1 aliphatic rings. The quantitative estimate of drug-likeness (QED) is 0.876. The predicted molar refractivity (Wildman–Crippen MR) is 68.2 cm³/mol. The lowest BCUT2D eigenvalue weighted by Crippen LogP contribution is -2.49. The van der Waals surface area contributed by atoms with Gasteiger partial charge in [-0.25, -0.2) is 19.2 Å². The van der Waals surface area contributed by atoms with E-state index in [1.54, 1.807) is 0 Å². The molecule has 1 aromatic heterocycles. The Bertz CT molecular complexity index is 442. The number of hydrogen-bond acceptors (Lipinski definition) is 4. The maximum Gasteiger partial charge on any atom is 0.329 e. The van der Waals surface area contributed by atoms with Gasteiger partial charge in [0.25, 0.3) is 0 Å². The molecule has 1 fully saturated rings. The van der Waals surface area contributed by atoms with Gasteiger partial charge in [0, 0.05) is 0 Å². The molecule has 104 valence electrons. The predicted octanol–water partition coefficient (Wildman–Crippen LogP) is 2.45. The molecule has 6 heteroatoms. The third-order valence-electron chi connectivity index (χ3n) is 3.92. The zero-order valence-corrected chi connectivity index (χ0v) is 10.9. The summed E-state index contributed by atoms with van der Waals surface area (Å²) in [4.78, 5) is 19.1. The summed E-state index contributed by atoms with van der Waals surface area (Å²) >= 11 is 0. The first-order valence-electron chi connectivity index (χ1n) is 6.55. The second kappa shape index (κ2) is 5.50. The van der Waals surface area contributed by atoms with Crippen molar-refractivity contribution < 1.29 is 14.3 Å². The first kappa shape index (κ1) is 13.7. The molecule has 0 unspecified atom stereocenters. The first-order chi connectivity index (χ1) is 9.05. The minimum absolute atomic E-state index is 0.166. The molecule has 0 radical (unpaired) electrons. The number of carboxylic acid groups (broad SMARTS) is 1. The van der Waals surface area contributed by atoms with Crippen molar-refractivity contribution in [3.8, 4) is 0 Å². The highest BCUT2D eigenvalue weighted by atomic mass is 19.1.